The van der Waals surface area contributed by atoms with Gasteiger partial charge in [-0.1, -0.05) is 147 Å². The molecule has 0 saturated heterocycles. The molecule has 446 valence electrons. The number of H-pyrrole nitrogens is 3. The summed E-state index contributed by atoms with van der Waals surface area (Å²) in [7, 11) is 0. The van der Waals surface area contributed by atoms with Gasteiger partial charge < -0.3 is 36.7 Å². The van der Waals surface area contributed by atoms with Gasteiger partial charge in [0.1, 0.15) is 33.5 Å². The van der Waals surface area contributed by atoms with Gasteiger partial charge in [0, 0.05) is 52.8 Å². The van der Waals surface area contributed by atoms with Crippen LogP contribution in [-0.4, -0.2) is 50.2 Å². The number of nitrogens with two attached hydrogens (primary N) is 1. The van der Waals surface area contributed by atoms with Crippen molar-refractivity contribution in [2.24, 2.45) is 23.7 Å². The first-order chi connectivity index (χ1) is 39.3. The Morgan fingerprint density at radius 1 is 0.602 bits per heavy atom. The number of nitrogen functional groups attached to an aromatic ring is 1. The number of benzene rings is 4. The number of Topliss-reactive ketones (excluding diaryl/α,β-unsaturated/α-hetero) is 2. The molecule has 0 radical (unpaired) electrons. The number of ether oxygens (including phenoxy) is 2. The molecule has 7 aromatic rings. The number of nitrogens with one attached hydrogen (secondary N) is 3. The Morgan fingerprint density at radius 2 is 0.988 bits per heavy atom. The molecule has 0 aliphatic heterocycles. The standard InChI is InChI=1S/C17H20ClNO2.C17H20ClNOS.C12H12ClNO2.C8H14O2.C6H6ClN.C5H9Br.Na.H/c1-2-4-13-16(21-10-11-5-3-6-11)14-9-12(18)7-8-15(14)19-17(13)20;1-2-4-13-16(20-10-11-5-3-6-11)14-9-12(18)7-8-15(14)19-17(13)21;1-2-3-8-11(15)9-6-7(13)4-5-10(9)14-12(8)16;1-4-5-8(6(2)9)7(3)10;7-5-1-3-6(8)4-2-5;6-4-5-2-1-3-5;;/h7-9,11H,2-6,10H2,1H3,(H,19,20);7-9,11H,2-6,10H2,1H3,(H,19,21);4-6H,2-3H2,1H3,(H2,14,15,16);8H,4-5H2,1-3H3;1-4H,8H2;5H,1-4H2;;/q;;;;;;+1;-1. The molecular formula is C65H82BrCl4N4NaO7S. The second-order valence-electron chi connectivity index (χ2n) is 21.4. The second kappa shape index (κ2) is 37.0. The molecule has 3 aliphatic rings. The molecule has 3 saturated carbocycles. The summed E-state index contributed by atoms with van der Waals surface area (Å²) in [4.78, 5) is 54.4. The van der Waals surface area contributed by atoms with Crippen molar-refractivity contribution in [2.45, 2.75) is 151 Å². The number of hydrogen-bond donors (Lipinski definition) is 5. The molecule has 10 rings (SSSR count). The summed E-state index contributed by atoms with van der Waals surface area (Å²) in [6.07, 6.45) is 18.6. The van der Waals surface area contributed by atoms with Gasteiger partial charge in [-0.3, -0.25) is 19.2 Å². The molecule has 83 heavy (non-hydrogen) atoms. The van der Waals surface area contributed by atoms with E-state index in [0.29, 0.717) is 57.8 Å². The topological polar surface area (TPSA) is 180 Å². The van der Waals surface area contributed by atoms with Gasteiger partial charge in [0.15, 0.2) is 0 Å². The van der Waals surface area contributed by atoms with Crippen LogP contribution in [0.1, 0.15) is 150 Å². The molecule has 3 aliphatic carbocycles. The van der Waals surface area contributed by atoms with E-state index in [1.54, 1.807) is 48.5 Å². The van der Waals surface area contributed by atoms with Gasteiger partial charge in [0.2, 0.25) is 0 Å². The number of carbonyl (C=O) groups excluding carboxylic acids is 2. The molecule has 6 N–H and O–H groups in total. The quantitative estimate of drug-likeness (QED) is 0.0195. The van der Waals surface area contributed by atoms with Crippen LogP contribution in [-0.2, 0) is 28.9 Å². The SMILES string of the molecule is BrCC1CCC1.CCCC(C(C)=O)C(C)=O.CCCc1c(O)c2cc(Cl)ccc2[nH]c1=O.CCCc1c(OCC2CCC2)c2cc(Cl)ccc2[nH]c1=O.CCCc1c(OCC2CCC2)c2cc(Cl)ccc2[nH]c1=S.Nc1ccc(Cl)cc1.[H-].[Na+]. The van der Waals surface area contributed by atoms with Crippen molar-refractivity contribution < 1.29 is 55.2 Å². The number of hydrogen-bond acceptors (Lipinski definition) is 9. The van der Waals surface area contributed by atoms with Crippen molar-refractivity contribution in [3.05, 3.63) is 141 Å². The van der Waals surface area contributed by atoms with Gasteiger partial charge in [0.05, 0.1) is 46.8 Å². The zero-order valence-corrected chi connectivity index (χ0v) is 56.7. The minimum absolute atomic E-state index is 0. The monoisotopic (exact) mass is 1300 g/mol. The number of aromatic nitrogens is 3. The van der Waals surface area contributed by atoms with E-state index in [1.165, 1.54) is 77.0 Å². The van der Waals surface area contributed by atoms with E-state index in [-0.39, 0.29) is 65.3 Å². The molecule has 0 unspecified atom stereocenters. The summed E-state index contributed by atoms with van der Waals surface area (Å²) >= 11 is 32.6. The normalized spacial score (nSPS) is 13.5. The van der Waals surface area contributed by atoms with Gasteiger partial charge >= 0.3 is 29.6 Å². The molecular weight excluding hydrogens is 1230 g/mol. The Labute approximate surface area is 546 Å². The van der Waals surface area contributed by atoms with Crippen LogP contribution in [0, 0.1) is 28.3 Å². The molecule has 11 nitrogen and oxygen atoms in total. The van der Waals surface area contributed by atoms with Gasteiger partial charge in [0.25, 0.3) is 11.1 Å². The zero-order chi connectivity index (χ0) is 59.9. The summed E-state index contributed by atoms with van der Waals surface area (Å²) in [5, 5.41) is 16.4. The Balaban J connectivity index is 0.000000276. The number of aromatic hydroxyl groups is 1. The number of rotatable bonds is 17. The minimum Gasteiger partial charge on any atom is -1.00 e. The molecule has 4 aromatic carbocycles. The predicted octanol–water partition coefficient (Wildman–Crippen LogP) is 15.6. The molecule has 0 bridgehead atoms. The third-order valence-corrected chi connectivity index (χ3v) is 17.1. The molecule has 3 fully saturated rings. The van der Waals surface area contributed by atoms with E-state index in [0.717, 1.165) is 116 Å². The van der Waals surface area contributed by atoms with E-state index >= 15 is 0 Å². The zero-order valence-electron chi connectivity index (χ0n) is 50.2. The average molecular weight is 1310 g/mol. The predicted molar refractivity (Wildman–Crippen MR) is 350 cm³/mol. The van der Waals surface area contributed by atoms with Gasteiger partial charge in [-0.2, -0.15) is 0 Å². The van der Waals surface area contributed by atoms with Crippen molar-refractivity contribution in [3.8, 4) is 17.2 Å². The molecule has 3 aromatic heterocycles. The fourth-order valence-electron chi connectivity index (χ4n) is 9.42. The number of halogens is 5. The van der Waals surface area contributed by atoms with Crippen LogP contribution in [0.25, 0.3) is 32.7 Å². The first kappa shape index (κ1) is 71.6. The number of fused-ring (bicyclic) bond motifs is 3. The first-order valence-electron chi connectivity index (χ1n) is 28.9. The summed E-state index contributed by atoms with van der Waals surface area (Å²) < 4.78 is 13.0. The van der Waals surface area contributed by atoms with Crippen molar-refractivity contribution >= 4 is 125 Å². The number of alkyl halides is 1. The Kier molecular flexibility index (Phi) is 31.9. The largest absolute Gasteiger partial charge is 1.00 e. The number of ketones is 2. The van der Waals surface area contributed by atoms with Crippen LogP contribution in [0.2, 0.25) is 20.1 Å². The molecule has 3 heterocycles. The minimum atomic E-state index is -0.343. The third-order valence-electron chi connectivity index (χ3n) is 14.8. The van der Waals surface area contributed by atoms with Crippen molar-refractivity contribution in [1.82, 2.24) is 15.0 Å². The van der Waals surface area contributed by atoms with Crippen LogP contribution in [0.4, 0.5) is 5.69 Å². The van der Waals surface area contributed by atoms with E-state index in [4.69, 9.17) is 73.8 Å². The van der Waals surface area contributed by atoms with Gasteiger partial charge in [-0.05, 0) is 175 Å². The summed E-state index contributed by atoms with van der Waals surface area (Å²) in [5.74, 6) is 3.72. The summed E-state index contributed by atoms with van der Waals surface area (Å²) in [6.45, 7) is 12.6. The first-order valence-corrected chi connectivity index (χ1v) is 31.9. The van der Waals surface area contributed by atoms with Crippen LogP contribution in [0.15, 0.2) is 88.5 Å². The molecule has 0 spiro atoms. The van der Waals surface area contributed by atoms with Crippen molar-refractivity contribution in [2.75, 3.05) is 24.3 Å². The van der Waals surface area contributed by atoms with E-state index in [1.807, 2.05) is 44.2 Å². The maximum Gasteiger partial charge on any atom is 1.00 e. The van der Waals surface area contributed by atoms with E-state index in [9.17, 15) is 24.3 Å². The van der Waals surface area contributed by atoms with Gasteiger partial charge in [-0.15, -0.1) is 0 Å². The van der Waals surface area contributed by atoms with Crippen LogP contribution >= 0.6 is 74.6 Å². The fourth-order valence-corrected chi connectivity index (χ4v) is 11.0. The molecule has 0 atom stereocenters. The maximum atomic E-state index is 12.3. The number of carbonyl (C=O) groups is 2. The fraction of sp³-hybridized carbons (Fsp3) is 0.462. The Hall–Kier alpha value is -3.89. The Bertz CT molecular complexity index is 3230. The smallest absolute Gasteiger partial charge is 1.00 e. The second-order valence-corrected chi connectivity index (χ2v) is 24.2. The molecule has 18 heteroatoms. The molecule has 0 amide bonds. The summed E-state index contributed by atoms with van der Waals surface area (Å²) in [5.41, 5.74) is 10.5. The van der Waals surface area contributed by atoms with E-state index in [2.05, 4.69) is 44.7 Å². The van der Waals surface area contributed by atoms with Crippen molar-refractivity contribution in [3.63, 3.8) is 0 Å². The number of aromatic amines is 3. The average Bonchev–Trinajstić information content (AvgIpc) is 1.42. The summed E-state index contributed by atoms with van der Waals surface area (Å²) in [6, 6.07) is 23.4. The van der Waals surface area contributed by atoms with Crippen molar-refractivity contribution in [1.29, 1.82) is 0 Å². The van der Waals surface area contributed by atoms with Gasteiger partial charge in [-0.25, -0.2) is 0 Å². The maximum absolute atomic E-state index is 12.3. The van der Waals surface area contributed by atoms with Crippen LogP contribution in [0.3, 0.4) is 0 Å². The van der Waals surface area contributed by atoms with Crippen LogP contribution in [0.5, 0.6) is 17.2 Å². The Morgan fingerprint density at radius 3 is 1.36 bits per heavy atom. The van der Waals surface area contributed by atoms with Crippen LogP contribution < -0.4 is 55.9 Å². The number of anilines is 1. The van der Waals surface area contributed by atoms with E-state index < -0.39 is 0 Å². The number of pyridine rings is 3. The third kappa shape index (κ3) is 22.1.